The number of halogens is 1. The van der Waals surface area contributed by atoms with Crippen LogP contribution >= 0.6 is 11.6 Å². The van der Waals surface area contributed by atoms with Crippen LogP contribution in [-0.4, -0.2) is 9.97 Å². The van der Waals surface area contributed by atoms with E-state index in [1.54, 1.807) is 18.5 Å². The molecule has 0 radical (unpaired) electrons. The number of hydrogen-bond acceptors (Lipinski definition) is 4. The number of fused-ring (bicyclic) bond motifs is 1. The number of nitrogens with zero attached hydrogens (tertiary/aromatic N) is 2. The molecule has 0 aliphatic rings. The number of rotatable bonds is 3. The molecule has 0 fully saturated rings. The van der Waals surface area contributed by atoms with Crippen molar-refractivity contribution in [2.24, 2.45) is 5.84 Å². The summed E-state index contributed by atoms with van der Waals surface area (Å²) >= 11 is 5.94. The van der Waals surface area contributed by atoms with Gasteiger partial charge in [0.15, 0.2) is 0 Å². The third-order valence-electron chi connectivity index (χ3n) is 3.21. The van der Waals surface area contributed by atoms with Gasteiger partial charge in [-0.2, -0.15) is 0 Å². The van der Waals surface area contributed by atoms with E-state index in [4.69, 9.17) is 17.4 Å². The Labute approximate surface area is 121 Å². The first-order chi connectivity index (χ1) is 9.78. The molecular weight excluding hydrogens is 272 g/mol. The van der Waals surface area contributed by atoms with Crippen molar-refractivity contribution in [3.05, 3.63) is 71.1 Å². The summed E-state index contributed by atoms with van der Waals surface area (Å²) < 4.78 is 0. The number of hydrazine groups is 1. The zero-order valence-corrected chi connectivity index (χ0v) is 11.4. The zero-order valence-electron chi connectivity index (χ0n) is 10.6. The van der Waals surface area contributed by atoms with Crippen LogP contribution in [0.15, 0.2) is 54.9 Å². The number of aromatic nitrogens is 2. The molecule has 1 unspecified atom stereocenters. The molecule has 5 heteroatoms. The Morgan fingerprint density at radius 3 is 2.65 bits per heavy atom. The van der Waals surface area contributed by atoms with Crippen LogP contribution in [0.4, 0.5) is 0 Å². The van der Waals surface area contributed by atoms with Crippen molar-refractivity contribution in [1.82, 2.24) is 15.4 Å². The number of benzene rings is 1. The molecule has 0 aliphatic carbocycles. The third-order valence-corrected chi connectivity index (χ3v) is 3.42. The van der Waals surface area contributed by atoms with Crippen molar-refractivity contribution in [2.45, 2.75) is 6.04 Å². The second-order valence-corrected chi connectivity index (χ2v) is 4.85. The molecule has 0 spiro atoms. The average molecular weight is 285 g/mol. The molecule has 1 aromatic carbocycles. The topological polar surface area (TPSA) is 63.8 Å². The van der Waals surface area contributed by atoms with Gasteiger partial charge in [0.1, 0.15) is 5.15 Å². The summed E-state index contributed by atoms with van der Waals surface area (Å²) in [6.45, 7) is 0. The molecule has 2 aromatic heterocycles. The first-order valence-corrected chi connectivity index (χ1v) is 6.58. The SMILES string of the molecule is NNC(c1ccnc(Cl)c1)c1ccc2ncccc2c1. The van der Waals surface area contributed by atoms with Gasteiger partial charge in [0.25, 0.3) is 0 Å². The summed E-state index contributed by atoms with van der Waals surface area (Å²) in [5, 5.41) is 1.52. The van der Waals surface area contributed by atoms with E-state index in [0.717, 1.165) is 22.0 Å². The second-order valence-electron chi connectivity index (χ2n) is 4.47. The van der Waals surface area contributed by atoms with Crippen LogP contribution < -0.4 is 11.3 Å². The van der Waals surface area contributed by atoms with E-state index in [1.165, 1.54) is 0 Å². The predicted octanol–water partition coefficient (Wildman–Crippen LogP) is 2.84. The van der Waals surface area contributed by atoms with E-state index in [2.05, 4.69) is 21.5 Å². The van der Waals surface area contributed by atoms with Gasteiger partial charge in [-0.1, -0.05) is 23.7 Å². The van der Waals surface area contributed by atoms with Crippen LogP contribution in [0.5, 0.6) is 0 Å². The maximum atomic E-state index is 5.94. The van der Waals surface area contributed by atoms with Gasteiger partial charge in [-0.05, 0) is 41.5 Å². The fourth-order valence-electron chi connectivity index (χ4n) is 2.26. The summed E-state index contributed by atoms with van der Waals surface area (Å²) in [7, 11) is 0. The van der Waals surface area contributed by atoms with Crippen LogP contribution in [0.2, 0.25) is 5.15 Å². The first-order valence-electron chi connectivity index (χ1n) is 6.20. The van der Waals surface area contributed by atoms with Crippen LogP contribution in [0, 0.1) is 0 Å². The fraction of sp³-hybridized carbons (Fsp3) is 0.0667. The molecular formula is C15H13ClN4. The second kappa shape index (κ2) is 5.54. The molecule has 0 saturated carbocycles. The molecule has 4 nitrogen and oxygen atoms in total. The molecule has 0 saturated heterocycles. The summed E-state index contributed by atoms with van der Waals surface area (Å²) in [5.74, 6) is 5.70. The quantitative estimate of drug-likeness (QED) is 0.441. The van der Waals surface area contributed by atoms with E-state index in [9.17, 15) is 0 Å². The normalized spacial score (nSPS) is 12.5. The van der Waals surface area contributed by atoms with Gasteiger partial charge in [0, 0.05) is 17.8 Å². The first kappa shape index (κ1) is 13.0. The number of nitrogens with one attached hydrogen (secondary N) is 1. The molecule has 0 amide bonds. The summed E-state index contributed by atoms with van der Waals surface area (Å²) in [5.41, 5.74) is 5.80. The van der Waals surface area contributed by atoms with Crippen molar-refractivity contribution in [1.29, 1.82) is 0 Å². The highest BCUT2D eigenvalue weighted by Gasteiger charge is 2.13. The molecule has 1 atom stereocenters. The predicted molar refractivity (Wildman–Crippen MR) is 80.2 cm³/mol. The lowest BCUT2D eigenvalue weighted by Crippen LogP contribution is -2.28. The van der Waals surface area contributed by atoms with Crippen LogP contribution in [0.25, 0.3) is 10.9 Å². The van der Waals surface area contributed by atoms with E-state index in [-0.39, 0.29) is 6.04 Å². The lowest BCUT2D eigenvalue weighted by atomic mass is 9.99. The molecule has 20 heavy (non-hydrogen) atoms. The molecule has 3 aromatic rings. The minimum Gasteiger partial charge on any atom is -0.271 e. The number of hydrogen-bond donors (Lipinski definition) is 2. The van der Waals surface area contributed by atoms with Gasteiger partial charge in [0.05, 0.1) is 11.6 Å². The zero-order chi connectivity index (χ0) is 13.9. The van der Waals surface area contributed by atoms with E-state index in [1.807, 2.05) is 30.3 Å². The molecule has 3 rings (SSSR count). The minimum atomic E-state index is -0.139. The van der Waals surface area contributed by atoms with Crippen molar-refractivity contribution >= 4 is 22.5 Å². The number of nitrogens with two attached hydrogens (primary N) is 1. The Morgan fingerprint density at radius 1 is 1.00 bits per heavy atom. The largest absolute Gasteiger partial charge is 0.271 e. The number of pyridine rings is 2. The maximum absolute atomic E-state index is 5.94. The standard InChI is InChI=1S/C15H13ClN4/c16-14-9-12(5-7-19-14)15(20-17)11-3-4-13-10(8-11)2-1-6-18-13/h1-9,15,20H,17H2. The van der Waals surface area contributed by atoms with Crippen LogP contribution in [0.3, 0.4) is 0 Å². The van der Waals surface area contributed by atoms with Crippen molar-refractivity contribution in [3.63, 3.8) is 0 Å². The lowest BCUT2D eigenvalue weighted by molar-refractivity contribution is 0.637. The summed E-state index contributed by atoms with van der Waals surface area (Å²) in [4.78, 5) is 8.30. The lowest BCUT2D eigenvalue weighted by Gasteiger charge is -2.17. The van der Waals surface area contributed by atoms with Gasteiger partial charge in [-0.25, -0.2) is 10.4 Å². The average Bonchev–Trinajstić information content (AvgIpc) is 2.48. The van der Waals surface area contributed by atoms with E-state index in [0.29, 0.717) is 5.15 Å². The van der Waals surface area contributed by atoms with Gasteiger partial charge in [0.2, 0.25) is 0 Å². The highest BCUT2D eigenvalue weighted by molar-refractivity contribution is 6.29. The molecule has 100 valence electrons. The maximum Gasteiger partial charge on any atom is 0.129 e. The van der Waals surface area contributed by atoms with E-state index < -0.39 is 0 Å². The van der Waals surface area contributed by atoms with Crippen molar-refractivity contribution in [2.75, 3.05) is 0 Å². The molecule has 0 aliphatic heterocycles. The molecule has 3 N–H and O–H groups in total. The molecule has 0 bridgehead atoms. The minimum absolute atomic E-state index is 0.139. The summed E-state index contributed by atoms with van der Waals surface area (Å²) in [6, 6.07) is 13.6. The Morgan fingerprint density at radius 2 is 1.85 bits per heavy atom. The molecule has 2 heterocycles. The fourth-order valence-corrected chi connectivity index (χ4v) is 2.44. The Hall–Kier alpha value is -2.01. The highest BCUT2D eigenvalue weighted by Crippen LogP contribution is 2.25. The Bertz CT molecular complexity index is 745. The smallest absolute Gasteiger partial charge is 0.129 e. The third kappa shape index (κ3) is 2.49. The van der Waals surface area contributed by atoms with Crippen LogP contribution in [0.1, 0.15) is 17.2 Å². The van der Waals surface area contributed by atoms with Crippen LogP contribution in [-0.2, 0) is 0 Å². The Kier molecular flexibility index (Phi) is 3.60. The van der Waals surface area contributed by atoms with Gasteiger partial charge < -0.3 is 0 Å². The monoisotopic (exact) mass is 284 g/mol. The van der Waals surface area contributed by atoms with Crippen molar-refractivity contribution < 1.29 is 0 Å². The van der Waals surface area contributed by atoms with Crippen molar-refractivity contribution in [3.8, 4) is 0 Å². The van der Waals surface area contributed by atoms with Gasteiger partial charge >= 0.3 is 0 Å². The van der Waals surface area contributed by atoms with Gasteiger partial charge in [-0.3, -0.25) is 10.8 Å². The van der Waals surface area contributed by atoms with Gasteiger partial charge in [-0.15, -0.1) is 0 Å². The highest BCUT2D eigenvalue weighted by atomic mass is 35.5. The van der Waals surface area contributed by atoms with E-state index >= 15 is 0 Å². The Balaban J connectivity index is 2.07. The summed E-state index contributed by atoms with van der Waals surface area (Å²) in [6.07, 6.45) is 3.45.